The Bertz CT molecular complexity index is 436. The highest BCUT2D eigenvalue weighted by atomic mass is 19.2. The summed E-state index contributed by atoms with van der Waals surface area (Å²) in [7, 11) is 0. The third-order valence-electron chi connectivity index (χ3n) is 3.61. The summed E-state index contributed by atoms with van der Waals surface area (Å²) in [6.45, 7) is 8.46. The van der Waals surface area contributed by atoms with E-state index < -0.39 is 11.6 Å². The maximum atomic E-state index is 13.2. The second kappa shape index (κ2) is 7.11. The van der Waals surface area contributed by atoms with E-state index in [-0.39, 0.29) is 12.1 Å². The van der Waals surface area contributed by atoms with E-state index in [1.54, 1.807) is 6.07 Å². The van der Waals surface area contributed by atoms with E-state index in [2.05, 4.69) is 17.1 Å². The van der Waals surface area contributed by atoms with Crippen LogP contribution in [0.5, 0.6) is 0 Å². The molecule has 5 heteroatoms. The number of morpholine rings is 1. The molecule has 1 aromatic carbocycles. The molecule has 2 unspecified atom stereocenters. The van der Waals surface area contributed by atoms with Gasteiger partial charge >= 0.3 is 0 Å². The number of hydrogen-bond donors (Lipinski definition) is 1. The van der Waals surface area contributed by atoms with Crippen LogP contribution in [-0.2, 0) is 4.74 Å². The third-order valence-corrected chi connectivity index (χ3v) is 3.61. The zero-order valence-electron chi connectivity index (χ0n) is 12.0. The van der Waals surface area contributed by atoms with Crippen molar-refractivity contribution in [2.24, 2.45) is 0 Å². The monoisotopic (exact) mass is 284 g/mol. The van der Waals surface area contributed by atoms with Crippen molar-refractivity contribution in [2.75, 3.05) is 32.8 Å². The number of nitrogens with zero attached hydrogens (tertiary/aromatic N) is 1. The maximum Gasteiger partial charge on any atom is 0.159 e. The maximum absolute atomic E-state index is 13.2. The van der Waals surface area contributed by atoms with Crippen molar-refractivity contribution in [1.82, 2.24) is 10.2 Å². The van der Waals surface area contributed by atoms with Gasteiger partial charge in [-0.3, -0.25) is 4.90 Å². The average molecular weight is 284 g/mol. The predicted molar refractivity (Wildman–Crippen MR) is 74.6 cm³/mol. The summed E-state index contributed by atoms with van der Waals surface area (Å²) in [5, 5.41) is 3.42. The lowest BCUT2D eigenvalue weighted by molar-refractivity contribution is 0.0339. The van der Waals surface area contributed by atoms with Crippen LogP contribution in [-0.4, -0.2) is 43.8 Å². The van der Waals surface area contributed by atoms with Crippen LogP contribution >= 0.6 is 0 Å². The Labute approximate surface area is 118 Å². The van der Waals surface area contributed by atoms with Crippen LogP contribution in [0.15, 0.2) is 18.2 Å². The first kappa shape index (κ1) is 15.4. The Kier molecular flexibility index (Phi) is 5.46. The average Bonchev–Trinajstić information content (AvgIpc) is 2.42. The lowest BCUT2D eigenvalue weighted by Gasteiger charge is -2.30. The smallest absolute Gasteiger partial charge is 0.159 e. The first-order valence-electron chi connectivity index (χ1n) is 7.07. The standard InChI is InChI=1S/C15H22F2N2O/c1-11(10-19-5-7-20-8-6-19)18-12(2)13-3-4-14(16)15(17)9-13/h3-4,9,11-12,18H,5-8,10H2,1-2H3. The van der Waals surface area contributed by atoms with Gasteiger partial charge in [0.15, 0.2) is 11.6 Å². The van der Waals surface area contributed by atoms with Crippen molar-refractivity contribution in [3.05, 3.63) is 35.4 Å². The Balaban J connectivity index is 1.86. The summed E-state index contributed by atoms with van der Waals surface area (Å²) in [5.41, 5.74) is 0.762. The summed E-state index contributed by atoms with van der Waals surface area (Å²) in [6, 6.07) is 4.32. The number of nitrogens with one attached hydrogen (secondary N) is 1. The molecule has 1 aromatic rings. The van der Waals surface area contributed by atoms with Gasteiger partial charge in [0.2, 0.25) is 0 Å². The zero-order valence-corrected chi connectivity index (χ0v) is 12.0. The molecule has 0 aliphatic carbocycles. The van der Waals surface area contributed by atoms with Crippen LogP contribution in [0.4, 0.5) is 8.78 Å². The molecule has 20 heavy (non-hydrogen) atoms. The molecule has 0 saturated carbocycles. The lowest BCUT2D eigenvalue weighted by Crippen LogP contribution is -2.45. The predicted octanol–water partition coefficient (Wildman–Crippen LogP) is 2.34. The summed E-state index contributed by atoms with van der Waals surface area (Å²) in [4.78, 5) is 2.35. The van der Waals surface area contributed by atoms with Gasteiger partial charge < -0.3 is 10.1 Å². The van der Waals surface area contributed by atoms with Gasteiger partial charge in [-0.15, -0.1) is 0 Å². The summed E-state index contributed by atoms with van der Waals surface area (Å²) < 4.78 is 31.5. The van der Waals surface area contributed by atoms with Gasteiger partial charge in [0.05, 0.1) is 13.2 Å². The number of rotatable bonds is 5. The molecule has 112 valence electrons. The highest BCUT2D eigenvalue weighted by Crippen LogP contribution is 2.16. The summed E-state index contributed by atoms with van der Waals surface area (Å²) in [6.07, 6.45) is 0. The second-order valence-corrected chi connectivity index (χ2v) is 5.38. The molecule has 1 saturated heterocycles. The molecule has 1 N–H and O–H groups in total. The summed E-state index contributed by atoms with van der Waals surface area (Å²) >= 11 is 0. The molecular formula is C15H22F2N2O. The van der Waals surface area contributed by atoms with Crippen LogP contribution in [0.3, 0.4) is 0 Å². The number of ether oxygens (including phenoxy) is 1. The fraction of sp³-hybridized carbons (Fsp3) is 0.600. The molecule has 0 spiro atoms. The van der Waals surface area contributed by atoms with E-state index in [9.17, 15) is 8.78 Å². The van der Waals surface area contributed by atoms with E-state index in [4.69, 9.17) is 4.74 Å². The minimum atomic E-state index is -0.803. The fourth-order valence-corrected chi connectivity index (χ4v) is 2.53. The highest BCUT2D eigenvalue weighted by molar-refractivity contribution is 5.20. The van der Waals surface area contributed by atoms with E-state index in [1.165, 1.54) is 12.1 Å². The molecule has 3 nitrogen and oxygen atoms in total. The van der Waals surface area contributed by atoms with Crippen LogP contribution in [0.2, 0.25) is 0 Å². The van der Waals surface area contributed by atoms with Crippen molar-refractivity contribution < 1.29 is 13.5 Å². The minimum absolute atomic E-state index is 0.0128. The van der Waals surface area contributed by atoms with Crippen LogP contribution in [0.25, 0.3) is 0 Å². The zero-order chi connectivity index (χ0) is 14.5. The second-order valence-electron chi connectivity index (χ2n) is 5.38. The Hall–Kier alpha value is -1.04. The van der Waals surface area contributed by atoms with Gasteiger partial charge in [-0.2, -0.15) is 0 Å². The van der Waals surface area contributed by atoms with Crippen molar-refractivity contribution >= 4 is 0 Å². The van der Waals surface area contributed by atoms with Gasteiger partial charge in [-0.25, -0.2) is 8.78 Å². The largest absolute Gasteiger partial charge is 0.379 e. The quantitative estimate of drug-likeness (QED) is 0.898. The molecule has 1 aliphatic heterocycles. The number of halogens is 2. The van der Waals surface area contributed by atoms with Crippen molar-refractivity contribution in [1.29, 1.82) is 0 Å². The molecule has 0 aromatic heterocycles. The van der Waals surface area contributed by atoms with Crippen LogP contribution in [0.1, 0.15) is 25.5 Å². The van der Waals surface area contributed by atoms with Gasteiger partial charge in [0.1, 0.15) is 0 Å². The van der Waals surface area contributed by atoms with E-state index >= 15 is 0 Å². The summed E-state index contributed by atoms with van der Waals surface area (Å²) in [5.74, 6) is -1.60. The SMILES string of the molecule is CC(CN1CCOCC1)NC(C)c1ccc(F)c(F)c1. The van der Waals surface area contributed by atoms with Crippen molar-refractivity contribution in [3.63, 3.8) is 0 Å². The Morgan fingerprint density at radius 3 is 2.55 bits per heavy atom. The lowest BCUT2D eigenvalue weighted by atomic mass is 10.1. The fourth-order valence-electron chi connectivity index (χ4n) is 2.53. The van der Waals surface area contributed by atoms with Gasteiger partial charge in [-0.05, 0) is 31.5 Å². The molecule has 0 amide bonds. The molecule has 1 fully saturated rings. The minimum Gasteiger partial charge on any atom is -0.379 e. The molecule has 2 atom stereocenters. The Morgan fingerprint density at radius 1 is 1.20 bits per heavy atom. The third kappa shape index (κ3) is 4.23. The molecule has 1 heterocycles. The number of benzene rings is 1. The van der Waals surface area contributed by atoms with Crippen LogP contribution < -0.4 is 5.32 Å². The van der Waals surface area contributed by atoms with Crippen molar-refractivity contribution in [2.45, 2.75) is 25.9 Å². The van der Waals surface area contributed by atoms with Gasteiger partial charge in [0, 0.05) is 31.7 Å². The Morgan fingerprint density at radius 2 is 1.90 bits per heavy atom. The molecule has 2 rings (SSSR count). The molecule has 1 aliphatic rings. The highest BCUT2D eigenvalue weighted by Gasteiger charge is 2.16. The van der Waals surface area contributed by atoms with Gasteiger partial charge in [0.25, 0.3) is 0 Å². The van der Waals surface area contributed by atoms with Gasteiger partial charge in [-0.1, -0.05) is 6.07 Å². The first-order valence-corrected chi connectivity index (χ1v) is 7.07. The normalized spacial score (nSPS) is 19.8. The first-order chi connectivity index (χ1) is 9.56. The van der Waals surface area contributed by atoms with E-state index in [0.29, 0.717) is 0 Å². The topological polar surface area (TPSA) is 24.5 Å². The van der Waals surface area contributed by atoms with E-state index in [0.717, 1.165) is 38.4 Å². The van der Waals surface area contributed by atoms with Crippen LogP contribution in [0, 0.1) is 11.6 Å². The van der Waals surface area contributed by atoms with E-state index in [1.807, 2.05) is 6.92 Å². The number of hydrogen-bond acceptors (Lipinski definition) is 3. The molecule has 0 radical (unpaired) electrons. The van der Waals surface area contributed by atoms with Crippen molar-refractivity contribution in [3.8, 4) is 0 Å². The molecular weight excluding hydrogens is 262 g/mol. The molecule has 0 bridgehead atoms.